The van der Waals surface area contributed by atoms with Gasteiger partial charge in [-0.1, -0.05) is 19.1 Å². The molecule has 4 nitrogen and oxygen atoms in total. The molecule has 0 saturated heterocycles. The number of nitrogens with two attached hydrogens (primary N) is 1. The van der Waals surface area contributed by atoms with Gasteiger partial charge in [-0.15, -0.1) is 11.3 Å². The van der Waals surface area contributed by atoms with Gasteiger partial charge in [-0.25, -0.2) is 13.1 Å². The van der Waals surface area contributed by atoms with E-state index in [-0.39, 0.29) is 0 Å². The molecule has 3 N–H and O–H groups in total. The van der Waals surface area contributed by atoms with Gasteiger partial charge in [0, 0.05) is 18.0 Å². The lowest BCUT2D eigenvalue weighted by Gasteiger charge is -2.12. The molecule has 0 fully saturated rings. The van der Waals surface area contributed by atoms with Crippen molar-refractivity contribution in [1.82, 2.24) is 4.72 Å². The Balaban J connectivity index is 2.28. The number of nitrogens with one attached hydrogen (secondary N) is 1. The van der Waals surface area contributed by atoms with E-state index in [1.807, 2.05) is 37.4 Å². The van der Waals surface area contributed by atoms with Crippen LogP contribution in [0.4, 0.5) is 0 Å². The van der Waals surface area contributed by atoms with Crippen LogP contribution in [0.3, 0.4) is 0 Å². The molecule has 0 unspecified atom stereocenters. The first-order chi connectivity index (χ1) is 9.97. The van der Waals surface area contributed by atoms with Crippen LogP contribution in [-0.2, 0) is 29.5 Å². The molecule has 1 heterocycles. The monoisotopic (exact) mass is 324 g/mol. The molecule has 1 aromatic heterocycles. The minimum absolute atomic E-state index is 0.321. The quantitative estimate of drug-likeness (QED) is 0.858. The summed E-state index contributed by atoms with van der Waals surface area (Å²) >= 11 is 1.56. The van der Waals surface area contributed by atoms with Gasteiger partial charge in [0.15, 0.2) is 0 Å². The molecule has 0 aliphatic heterocycles. The van der Waals surface area contributed by atoms with Gasteiger partial charge in [0.1, 0.15) is 0 Å². The third-order valence-electron chi connectivity index (χ3n) is 3.43. The molecule has 114 valence electrons. The Morgan fingerprint density at radius 3 is 2.62 bits per heavy atom. The van der Waals surface area contributed by atoms with E-state index in [4.69, 9.17) is 5.73 Å². The molecule has 0 aliphatic carbocycles. The normalized spacial score (nSPS) is 11.8. The zero-order valence-electron chi connectivity index (χ0n) is 12.2. The van der Waals surface area contributed by atoms with Crippen LogP contribution in [0.5, 0.6) is 0 Å². The predicted molar refractivity (Wildman–Crippen MR) is 86.8 cm³/mol. The van der Waals surface area contributed by atoms with Crippen molar-refractivity contribution in [2.75, 3.05) is 0 Å². The molecule has 1 aromatic carbocycles. The van der Waals surface area contributed by atoms with E-state index in [2.05, 4.69) is 4.72 Å². The molecular weight excluding hydrogens is 304 g/mol. The molecule has 0 saturated carbocycles. The molecule has 6 heteroatoms. The zero-order chi connectivity index (χ0) is 15.5. The summed E-state index contributed by atoms with van der Waals surface area (Å²) in [6, 6.07) is 7.37. The highest BCUT2D eigenvalue weighted by molar-refractivity contribution is 7.89. The van der Waals surface area contributed by atoms with Gasteiger partial charge in [0.05, 0.1) is 4.90 Å². The molecule has 0 radical (unpaired) electrons. The number of aryl methyl sites for hydroxylation is 2. The molecule has 21 heavy (non-hydrogen) atoms. The summed E-state index contributed by atoms with van der Waals surface area (Å²) in [7, 11) is -3.53. The third kappa shape index (κ3) is 3.71. The number of benzene rings is 1. The first kappa shape index (κ1) is 16.2. The number of hydrogen-bond donors (Lipinski definition) is 2. The summed E-state index contributed by atoms with van der Waals surface area (Å²) in [6.07, 6.45) is 0.666. The van der Waals surface area contributed by atoms with Crippen LogP contribution in [0, 0.1) is 6.92 Å². The van der Waals surface area contributed by atoms with Gasteiger partial charge < -0.3 is 5.73 Å². The fraction of sp³-hybridized carbons (Fsp3) is 0.333. The summed E-state index contributed by atoms with van der Waals surface area (Å²) < 4.78 is 27.8. The molecule has 0 spiro atoms. The number of rotatable bonds is 6. The minimum atomic E-state index is -3.53. The standard InChI is InChI=1S/C15H20N2O2S2/c1-3-13-5-4-12(9-16)8-15(13)21(18,19)17-10-14-11(2)6-7-20-14/h4-8,17H,3,9-10,16H2,1-2H3. The topological polar surface area (TPSA) is 72.2 Å². The minimum Gasteiger partial charge on any atom is -0.326 e. The van der Waals surface area contributed by atoms with Crippen LogP contribution < -0.4 is 10.5 Å². The largest absolute Gasteiger partial charge is 0.326 e. The lowest BCUT2D eigenvalue weighted by atomic mass is 10.1. The van der Waals surface area contributed by atoms with Gasteiger partial charge in [-0.3, -0.25) is 0 Å². The maximum atomic E-state index is 12.5. The predicted octanol–water partition coefficient (Wildman–Crippen LogP) is 2.56. The average Bonchev–Trinajstić information content (AvgIpc) is 2.90. The number of hydrogen-bond acceptors (Lipinski definition) is 4. The smallest absolute Gasteiger partial charge is 0.241 e. The van der Waals surface area contributed by atoms with Gasteiger partial charge >= 0.3 is 0 Å². The van der Waals surface area contributed by atoms with Crippen molar-refractivity contribution in [3.8, 4) is 0 Å². The van der Waals surface area contributed by atoms with E-state index in [1.54, 1.807) is 17.4 Å². The Labute approximate surface area is 130 Å². The fourth-order valence-corrected chi connectivity index (χ4v) is 4.38. The van der Waals surface area contributed by atoms with E-state index in [0.717, 1.165) is 21.6 Å². The van der Waals surface area contributed by atoms with Crippen LogP contribution in [0.1, 0.15) is 28.5 Å². The summed E-state index contributed by atoms with van der Waals surface area (Å²) in [6.45, 7) is 4.57. The number of sulfonamides is 1. The molecule has 2 aromatic rings. The van der Waals surface area contributed by atoms with Gasteiger partial charge in [-0.05, 0) is 47.5 Å². The van der Waals surface area contributed by atoms with Crippen LogP contribution >= 0.6 is 11.3 Å². The van der Waals surface area contributed by atoms with E-state index >= 15 is 0 Å². The Hall–Kier alpha value is -1.21. The highest BCUT2D eigenvalue weighted by Gasteiger charge is 2.18. The second kappa shape index (κ2) is 6.70. The first-order valence-electron chi connectivity index (χ1n) is 6.82. The fourth-order valence-electron chi connectivity index (χ4n) is 2.09. The van der Waals surface area contributed by atoms with E-state index in [9.17, 15) is 8.42 Å². The summed E-state index contributed by atoms with van der Waals surface area (Å²) in [4.78, 5) is 1.37. The van der Waals surface area contributed by atoms with Crippen molar-refractivity contribution in [1.29, 1.82) is 0 Å². The van der Waals surface area contributed by atoms with Crippen molar-refractivity contribution >= 4 is 21.4 Å². The summed E-state index contributed by atoms with van der Waals surface area (Å²) in [5.74, 6) is 0. The third-order valence-corrected chi connectivity index (χ3v) is 5.94. The second-order valence-corrected chi connectivity index (χ2v) is 7.59. The maximum Gasteiger partial charge on any atom is 0.241 e. The molecule has 0 bridgehead atoms. The summed E-state index contributed by atoms with van der Waals surface area (Å²) in [5, 5.41) is 1.96. The van der Waals surface area contributed by atoms with Crippen LogP contribution in [0.2, 0.25) is 0 Å². The second-order valence-electron chi connectivity index (χ2n) is 4.85. The van der Waals surface area contributed by atoms with E-state index < -0.39 is 10.0 Å². The molecule has 0 aliphatic rings. The molecular formula is C15H20N2O2S2. The molecule has 0 amide bonds. The zero-order valence-corrected chi connectivity index (χ0v) is 13.9. The van der Waals surface area contributed by atoms with Gasteiger partial charge in [0.2, 0.25) is 10.0 Å². The number of thiophene rings is 1. The van der Waals surface area contributed by atoms with Crippen LogP contribution in [0.15, 0.2) is 34.5 Å². The lowest BCUT2D eigenvalue weighted by Crippen LogP contribution is -2.24. The van der Waals surface area contributed by atoms with Crippen LogP contribution in [-0.4, -0.2) is 8.42 Å². The van der Waals surface area contributed by atoms with Crippen molar-refractivity contribution in [2.45, 2.75) is 38.3 Å². The Kier molecular flexibility index (Phi) is 5.16. The SMILES string of the molecule is CCc1ccc(CN)cc1S(=O)(=O)NCc1sccc1C. The Morgan fingerprint density at radius 1 is 1.29 bits per heavy atom. The van der Waals surface area contributed by atoms with Crippen LogP contribution in [0.25, 0.3) is 0 Å². The highest BCUT2D eigenvalue weighted by Crippen LogP contribution is 2.20. The van der Waals surface area contributed by atoms with E-state index in [1.165, 1.54) is 0 Å². The van der Waals surface area contributed by atoms with Crippen molar-refractivity contribution < 1.29 is 8.42 Å². The summed E-state index contributed by atoms with van der Waals surface area (Å²) in [5.41, 5.74) is 8.34. The Bertz CT molecular complexity index is 721. The first-order valence-corrected chi connectivity index (χ1v) is 9.18. The highest BCUT2D eigenvalue weighted by atomic mass is 32.2. The van der Waals surface area contributed by atoms with Gasteiger partial charge in [-0.2, -0.15) is 0 Å². The van der Waals surface area contributed by atoms with Gasteiger partial charge in [0.25, 0.3) is 0 Å². The maximum absolute atomic E-state index is 12.5. The van der Waals surface area contributed by atoms with Crippen molar-refractivity contribution in [2.24, 2.45) is 5.73 Å². The van der Waals surface area contributed by atoms with E-state index in [0.29, 0.717) is 24.4 Å². The van der Waals surface area contributed by atoms with Crippen molar-refractivity contribution in [3.05, 3.63) is 51.2 Å². The van der Waals surface area contributed by atoms with Crippen molar-refractivity contribution in [3.63, 3.8) is 0 Å². The lowest BCUT2D eigenvalue weighted by molar-refractivity contribution is 0.580. The Morgan fingerprint density at radius 2 is 2.05 bits per heavy atom. The average molecular weight is 324 g/mol. The molecule has 0 atom stereocenters. The molecule has 2 rings (SSSR count).